The number of aromatic nitrogens is 3. The van der Waals surface area contributed by atoms with Gasteiger partial charge in [0.05, 0.1) is 24.1 Å². The third kappa shape index (κ3) is 4.92. The molecule has 0 saturated carbocycles. The number of esters is 1. The van der Waals surface area contributed by atoms with E-state index >= 15 is 0 Å². The highest BCUT2D eigenvalue weighted by Crippen LogP contribution is 2.21. The summed E-state index contributed by atoms with van der Waals surface area (Å²) in [5, 5.41) is 14.7. The smallest absolute Gasteiger partial charge is 0.340 e. The maximum Gasteiger partial charge on any atom is 0.340 e. The maximum absolute atomic E-state index is 12.1. The number of hydrogen-bond acceptors (Lipinski definition) is 7. The number of anilines is 3. The van der Waals surface area contributed by atoms with E-state index < -0.39 is 5.97 Å². The number of nitrogens with one attached hydrogen (secondary N) is 2. The van der Waals surface area contributed by atoms with Crippen molar-refractivity contribution >= 4 is 35.0 Å². The van der Waals surface area contributed by atoms with E-state index in [1.54, 1.807) is 25.1 Å². The molecule has 3 aromatic rings. The minimum Gasteiger partial charge on any atom is -0.462 e. The highest BCUT2D eigenvalue weighted by atomic mass is 35.5. The Morgan fingerprint density at radius 2 is 1.93 bits per heavy atom. The Morgan fingerprint density at radius 1 is 1.15 bits per heavy atom. The number of carbonyl (C=O) groups is 1. The molecular weight excluding hydrogens is 366 g/mol. The van der Waals surface area contributed by atoms with E-state index in [9.17, 15) is 4.79 Å². The van der Waals surface area contributed by atoms with Crippen molar-refractivity contribution in [3.8, 4) is 0 Å². The van der Waals surface area contributed by atoms with Gasteiger partial charge in [0.1, 0.15) is 0 Å². The first-order valence-corrected chi connectivity index (χ1v) is 8.75. The summed E-state index contributed by atoms with van der Waals surface area (Å²) in [6.45, 7) is 2.53. The lowest BCUT2D eigenvalue weighted by Crippen LogP contribution is -2.10. The van der Waals surface area contributed by atoms with E-state index in [1.165, 1.54) is 6.20 Å². The first kappa shape index (κ1) is 18.6. The van der Waals surface area contributed by atoms with Gasteiger partial charge in [0.15, 0.2) is 5.82 Å². The third-order valence-electron chi connectivity index (χ3n) is 3.64. The molecule has 1 aromatic heterocycles. The number of rotatable bonds is 7. The van der Waals surface area contributed by atoms with Crippen molar-refractivity contribution in [2.24, 2.45) is 0 Å². The summed E-state index contributed by atoms with van der Waals surface area (Å²) in [4.78, 5) is 16.4. The van der Waals surface area contributed by atoms with Gasteiger partial charge >= 0.3 is 5.97 Å². The zero-order chi connectivity index (χ0) is 19.1. The molecule has 0 amide bonds. The second kappa shape index (κ2) is 8.95. The average Bonchev–Trinajstić information content (AvgIpc) is 2.68. The van der Waals surface area contributed by atoms with E-state index in [2.05, 4.69) is 25.8 Å². The van der Waals surface area contributed by atoms with Crippen molar-refractivity contribution in [2.75, 3.05) is 17.2 Å². The van der Waals surface area contributed by atoms with Gasteiger partial charge < -0.3 is 15.4 Å². The molecule has 0 radical (unpaired) electrons. The van der Waals surface area contributed by atoms with Gasteiger partial charge in [-0.15, -0.1) is 5.10 Å². The molecule has 0 bridgehead atoms. The lowest BCUT2D eigenvalue weighted by atomic mass is 10.2. The van der Waals surface area contributed by atoms with E-state index in [-0.39, 0.29) is 0 Å². The van der Waals surface area contributed by atoms with Crippen molar-refractivity contribution < 1.29 is 9.53 Å². The van der Waals surface area contributed by atoms with Crippen LogP contribution < -0.4 is 10.6 Å². The molecule has 8 heteroatoms. The van der Waals surface area contributed by atoms with Crippen molar-refractivity contribution in [1.29, 1.82) is 0 Å². The van der Waals surface area contributed by atoms with E-state index in [0.29, 0.717) is 41.2 Å². The summed E-state index contributed by atoms with van der Waals surface area (Å²) in [6, 6.07) is 14.6. The Bertz CT molecular complexity index is 935. The number of carbonyl (C=O) groups excluding carboxylic acids is 1. The number of nitrogens with zero attached hydrogens (tertiary/aromatic N) is 3. The van der Waals surface area contributed by atoms with Gasteiger partial charge in [-0.3, -0.25) is 0 Å². The summed E-state index contributed by atoms with van der Waals surface area (Å²) in [6.07, 6.45) is 1.47. The van der Waals surface area contributed by atoms with Gasteiger partial charge in [-0.25, -0.2) is 4.79 Å². The topological polar surface area (TPSA) is 89.0 Å². The first-order chi connectivity index (χ1) is 13.2. The fourth-order valence-corrected chi connectivity index (χ4v) is 2.57. The van der Waals surface area contributed by atoms with E-state index in [1.807, 2.05) is 30.3 Å². The minimum absolute atomic E-state index is 0.304. The number of halogens is 1. The molecule has 0 fully saturated rings. The van der Waals surface area contributed by atoms with Gasteiger partial charge in [-0.1, -0.05) is 41.9 Å². The highest BCUT2D eigenvalue weighted by Gasteiger charge is 2.12. The van der Waals surface area contributed by atoms with Crippen LogP contribution in [-0.4, -0.2) is 27.8 Å². The lowest BCUT2D eigenvalue weighted by Gasteiger charge is -2.11. The van der Waals surface area contributed by atoms with Crippen LogP contribution in [0.25, 0.3) is 0 Å². The number of hydrogen-bond donors (Lipinski definition) is 2. The van der Waals surface area contributed by atoms with Crippen LogP contribution in [0.4, 0.5) is 17.5 Å². The van der Waals surface area contributed by atoms with Crippen LogP contribution in [0.2, 0.25) is 5.02 Å². The van der Waals surface area contributed by atoms with Crippen LogP contribution in [0.5, 0.6) is 0 Å². The molecule has 0 saturated heterocycles. The second-order valence-electron chi connectivity index (χ2n) is 5.50. The predicted octanol–water partition coefficient (Wildman–Crippen LogP) is 4.06. The molecule has 2 aromatic carbocycles. The molecule has 7 nitrogen and oxygen atoms in total. The number of benzene rings is 2. The molecule has 27 heavy (non-hydrogen) atoms. The molecule has 0 aliphatic heterocycles. The SMILES string of the molecule is CCOC(=O)c1ccccc1Nc1cnnc(NCc2ccccc2Cl)n1. The Balaban J connectivity index is 1.73. The molecule has 1 heterocycles. The Hall–Kier alpha value is -3.19. The van der Waals surface area contributed by atoms with Gasteiger partial charge in [0.25, 0.3) is 0 Å². The Morgan fingerprint density at radius 3 is 2.74 bits per heavy atom. The maximum atomic E-state index is 12.1. The van der Waals surface area contributed by atoms with E-state index in [4.69, 9.17) is 16.3 Å². The average molecular weight is 384 g/mol. The Kier molecular flexibility index (Phi) is 6.17. The summed E-state index contributed by atoms with van der Waals surface area (Å²) in [7, 11) is 0. The minimum atomic E-state index is -0.403. The summed E-state index contributed by atoms with van der Waals surface area (Å²) >= 11 is 6.15. The monoisotopic (exact) mass is 383 g/mol. The molecule has 0 atom stereocenters. The second-order valence-corrected chi connectivity index (χ2v) is 5.91. The molecular formula is C19H18ClN5O2. The van der Waals surface area contributed by atoms with Crippen LogP contribution >= 0.6 is 11.6 Å². The molecule has 2 N–H and O–H groups in total. The highest BCUT2D eigenvalue weighted by molar-refractivity contribution is 6.31. The standard InChI is InChI=1S/C19H18ClN5O2/c1-2-27-18(26)14-8-4-6-10-16(14)23-17-12-22-25-19(24-17)21-11-13-7-3-5-9-15(13)20/h3-10,12H,2,11H2,1H3,(H2,21,23,24,25). The number of ether oxygens (including phenoxy) is 1. The fourth-order valence-electron chi connectivity index (χ4n) is 2.37. The molecule has 0 unspecified atom stereocenters. The van der Waals surface area contributed by atoms with Crippen LogP contribution in [0.1, 0.15) is 22.8 Å². The van der Waals surface area contributed by atoms with Gasteiger partial charge in [0.2, 0.25) is 5.95 Å². The van der Waals surface area contributed by atoms with Crippen molar-refractivity contribution in [1.82, 2.24) is 15.2 Å². The quantitative estimate of drug-likeness (QED) is 0.594. The predicted molar refractivity (Wildman–Crippen MR) is 104 cm³/mol. The molecule has 0 spiro atoms. The zero-order valence-electron chi connectivity index (χ0n) is 14.6. The van der Waals surface area contributed by atoms with Crippen molar-refractivity contribution in [3.63, 3.8) is 0 Å². The fraction of sp³-hybridized carbons (Fsp3) is 0.158. The van der Waals surface area contributed by atoms with Crippen LogP contribution in [0.15, 0.2) is 54.7 Å². The van der Waals surface area contributed by atoms with Crippen LogP contribution in [0, 0.1) is 0 Å². The van der Waals surface area contributed by atoms with Crippen molar-refractivity contribution in [2.45, 2.75) is 13.5 Å². The van der Waals surface area contributed by atoms with Gasteiger partial charge in [0, 0.05) is 11.6 Å². The van der Waals surface area contributed by atoms with E-state index in [0.717, 1.165) is 5.56 Å². The third-order valence-corrected chi connectivity index (χ3v) is 4.01. The van der Waals surface area contributed by atoms with Crippen LogP contribution in [0.3, 0.4) is 0 Å². The van der Waals surface area contributed by atoms with Gasteiger partial charge in [-0.05, 0) is 30.7 Å². The zero-order valence-corrected chi connectivity index (χ0v) is 15.4. The first-order valence-electron chi connectivity index (χ1n) is 8.37. The Labute approximate surface area is 161 Å². The van der Waals surface area contributed by atoms with Gasteiger partial charge in [-0.2, -0.15) is 10.1 Å². The molecule has 3 rings (SSSR count). The summed E-state index contributed by atoms with van der Waals surface area (Å²) in [5.41, 5.74) is 1.92. The largest absolute Gasteiger partial charge is 0.462 e. The summed E-state index contributed by atoms with van der Waals surface area (Å²) in [5.74, 6) is 0.386. The van der Waals surface area contributed by atoms with Crippen molar-refractivity contribution in [3.05, 3.63) is 70.9 Å². The molecule has 138 valence electrons. The molecule has 0 aliphatic carbocycles. The normalized spacial score (nSPS) is 10.3. The summed E-state index contributed by atoms with van der Waals surface area (Å²) < 4.78 is 5.08. The van der Waals surface area contributed by atoms with Crippen LogP contribution in [-0.2, 0) is 11.3 Å². The number of para-hydroxylation sites is 1. The molecule has 0 aliphatic rings. The lowest BCUT2D eigenvalue weighted by molar-refractivity contribution is 0.0527.